The number of H-pyrrole nitrogens is 1. The summed E-state index contributed by atoms with van der Waals surface area (Å²) in [7, 11) is 0. The van der Waals surface area contributed by atoms with Crippen LogP contribution >= 0.6 is 0 Å². The van der Waals surface area contributed by atoms with Crippen molar-refractivity contribution in [3.8, 4) is 5.75 Å². The van der Waals surface area contributed by atoms with E-state index in [1.807, 2.05) is 42.5 Å². The number of nitrogens with one attached hydrogen (secondary N) is 1. The summed E-state index contributed by atoms with van der Waals surface area (Å²) in [4.78, 5) is 23.2. The number of nitrogens with zero attached hydrogens (tertiary/aromatic N) is 2. The number of aromatic nitrogens is 3. The third-order valence-corrected chi connectivity index (χ3v) is 4.11. The van der Waals surface area contributed by atoms with Crippen LogP contribution in [-0.4, -0.2) is 15.0 Å². The Morgan fingerprint density at radius 2 is 1.69 bits per heavy atom. The fraction of sp³-hybridized carbons (Fsp3) is 0.0952. The molecule has 4 rings (SSSR count). The standard InChI is InChI=1S/C21H17N3O2/c25-21-18-10-11-22-13-19(18)23-20(24-21)14-26-17-8-6-16(7-9-17)12-15-4-2-1-3-5-15/h1-11,13H,12,14H2,(H,23,24,25). The first-order chi connectivity index (χ1) is 12.8. The Morgan fingerprint density at radius 1 is 0.923 bits per heavy atom. The topological polar surface area (TPSA) is 67.9 Å². The minimum atomic E-state index is -0.186. The molecule has 0 atom stereocenters. The predicted molar refractivity (Wildman–Crippen MR) is 100 cm³/mol. The quantitative estimate of drug-likeness (QED) is 0.602. The van der Waals surface area contributed by atoms with E-state index in [2.05, 4.69) is 27.1 Å². The van der Waals surface area contributed by atoms with Crippen LogP contribution in [0.25, 0.3) is 10.9 Å². The van der Waals surface area contributed by atoms with Gasteiger partial charge in [0.15, 0.2) is 0 Å². The number of rotatable bonds is 5. The van der Waals surface area contributed by atoms with Crippen molar-refractivity contribution in [3.05, 3.63) is 100 Å². The maximum Gasteiger partial charge on any atom is 0.258 e. The number of ether oxygens (including phenoxy) is 1. The van der Waals surface area contributed by atoms with Crippen LogP contribution in [-0.2, 0) is 13.0 Å². The molecule has 2 aromatic heterocycles. The van der Waals surface area contributed by atoms with Crippen LogP contribution in [0.1, 0.15) is 17.0 Å². The lowest BCUT2D eigenvalue weighted by molar-refractivity contribution is 0.296. The second kappa shape index (κ2) is 7.19. The van der Waals surface area contributed by atoms with Gasteiger partial charge < -0.3 is 9.72 Å². The first-order valence-electron chi connectivity index (χ1n) is 8.36. The molecule has 26 heavy (non-hydrogen) atoms. The molecule has 0 aliphatic heterocycles. The second-order valence-electron chi connectivity index (χ2n) is 6.00. The van der Waals surface area contributed by atoms with E-state index in [1.54, 1.807) is 18.5 Å². The summed E-state index contributed by atoms with van der Waals surface area (Å²) in [5.74, 6) is 1.21. The third kappa shape index (κ3) is 3.62. The second-order valence-corrected chi connectivity index (χ2v) is 6.00. The van der Waals surface area contributed by atoms with Crippen LogP contribution in [0.15, 0.2) is 77.9 Å². The molecule has 0 saturated heterocycles. The zero-order valence-corrected chi connectivity index (χ0v) is 14.1. The molecule has 128 valence electrons. The lowest BCUT2D eigenvalue weighted by Gasteiger charge is -2.08. The van der Waals surface area contributed by atoms with Crippen LogP contribution < -0.4 is 10.3 Å². The van der Waals surface area contributed by atoms with Crippen LogP contribution in [0.5, 0.6) is 5.75 Å². The van der Waals surface area contributed by atoms with Gasteiger partial charge in [0, 0.05) is 6.20 Å². The molecule has 0 fully saturated rings. The van der Waals surface area contributed by atoms with Crippen molar-refractivity contribution >= 4 is 10.9 Å². The highest BCUT2D eigenvalue weighted by molar-refractivity contribution is 5.75. The van der Waals surface area contributed by atoms with Crippen molar-refractivity contribution in [2.24, 2.45) is 0 Å². The lowest BCUT2D eigenvalue weighted by Crippen LogP contribution is -2.13. The summed E-state index contributed by atoms with van der Waals surface area (Å²) in [5.41, 5.74) is 2.86. The van der Waals surface area contributed by atoms with Crippen molar-refractivity contribution in [3.63, 3.8) is 0 Å². The van der Waals surface area contributed by atoms with Gasteiger partial charge in [0.05, 0.1) is 17.1 Å². The number of fused-ring (bicyclic) bond motifs is 1. The Balaban J connectivity index is 1.44. The highest BCUT2D eigenvalue weighted by Gasteiger charge is 2.05. The summed E-state index contributed by atoms with van der Waals surface area (Å²) in [6, 6.07) is 19.9. The summed E-state index contributed by atoms with van der Waals surface area (Å²) in [6.45, 7) is 0.193. The van der Waals surface area contributed by atoms with Crippen LogP contribution in [0, 0.1) is 0 Å². The number of pyridine rings is 1. The lowest BCUT2D eigenvalue weighted by atomic mass is 10.1. The third-order valence-electron chi connectivity index (χ3n) is 4.11. The molecule has 0 radical (unpaired) electrons. The van der Waals surface area contributed by atoms with Crippen molar-refractivity contribution < 1.29 is 4.74 Å². The largest absolute Gasteiger partial charge is 0.486 e. The number of aromatic amines is 1. The van der Waals surface area contributed by atoms with Gasteiger partial charge in [-0.2, -0.15) is 0 Å². The van der Waals surface area contributed by atoms with E-state index in [0.29, 0.717) is 16.7 Å². The first-order valence-corrected chi connectivity index (χ1v) is 8.36. The van der Waals surface area contributed by atoms with Gasteiger partial charge in [0.1, 0.15) is 18.2 Å². The highest BCUT2D eigenvalue weighted by Crippen LogP contribution is 2.16. The fourth-order valence-electron chi connectivity index (χ4n) is 2.79. The number of benzene rings is 2. The average molecular weight is 343 g/mol. The Kier molecular flexibility index (Phi) is 4.43. The van der Waals surface area contributed by atoms with Crippen molar-refractivity contribution in [1.29, 1.82) is 0 Å². The minimum absolute atomic E-state index is 0.186. The predicted octanol–water partition coefficient (Wildman–Crippen LogP) is 3.49. The van der Waals surface area contributed by atoms with Gasteiger partial charge in [-0.05, 0) is 35.7 Å². The molecule has 0 aliphatic rings. The molecule has 0 unspecified atom stereocenters. The maximum atomic E-state index is 12.1. The molecule has 0 bridgehead atoms. The van der Waals surface area contributed by atoms with Crippen molar-refractivity contribution in [2.75, 3.05) is 0 Å². The Morgan fingerprint density at radius 3 is 2.50 bits per heavy atom. The Labute approximate surface area is 150 Å². The van der Waals surface area contributed by atoms with Gasteiger partial charge in [-0.3, -0.25) is 9.78 Å². The van der Waals surface area contributed by atoms with E-state index in [-0.39, 0.29) is 12.2 Å². The van der Waals surface area contributed by atoms with E-state index in [1.165, 1.54) is 11.1 Å². The highest BCUT2D eigenvalue weighted by atomic mass is 16.5. The first kappa shape index (κ1) is 16.0. The van der Waals surface area contributed by atoms with Crippen molar-refractivity contribution in [1.82, 2.24) is 15.0 Å². The van der Waals surface area contributed by atoms with Gasteiger partial charge in [-0.15, -0.1) is 0 Å². The molecule has 2 heterocycles. The van der Waals surface area contributed by atoms with E-state index >= 15 is 0 Å². The number of hydrogen-bond acceptors (Lipinski definition) is 4. The fourth-order valence-corrected chi connectivity index (χ4v) is 2.79. The molecule has 0 amide bonds. The Hall–Kier alpha value is -3.47. The monoisotopic (exact) mass is 343 g/mol. The molecule has 5 heteroatoms. The molecule has 0 saturated carbocycles. The molecule has 4 aromatic rings. The maximum absolute atomic E-state index is 12.1. The number of hydrogen-bond donors (Lipinski definition) is 1. The molecule has 5 nitrogen and oxygen atoms in total. The van der Waals surface area contributed by atoms with Gasteiger partial charge >= 0.3 is 0 Å². The normalized spacial score (nSPS) is 10.8. The van der Waals surface area contributed by atoms with Crippen molar-refractivity contribution in [2.45, 2.75) is 13.0 Å². The van der Waals surface area contributed by atoms with Gasteiger partial charge in [0.2, 0.25) is 0 Å². The summed E-state index contributed by atoms with van der Waals surface area (Å²) in [6.07, 6.45) is 4.03. The zero-order valence-electron chi connectivity index (χ0n) is 14.1. The Bertz CT molecular complexity index is 1070. The minimum Gasteiger partial charge on any atom is -0.486 e. The summed E-state index contributed by atoms with van der Waals surface area (Å²) >= 11 is 0. The molecular weight excluding hydrogens is 326 g/mol. The molecular formula is C21H17N3O2. The summed E-state index contributed by atoms with van der Waals surface area (Å²) < 4.78 is 5.75. The van der Waals surface area contributed by atoms with Crippen LogP contribution in [0.3, 0.4) is 0 Å². The molecule has 0 aliphatic carbocycles. The van der Waals surface area contributed by atoms with E-state index in [0.717, 1.165) is 12.2 Å². The average Bonchev–Trinajstić information content (AvgIpc) is 2.68. The molecule has 0 spiro atoms. The van der Waals surface area contributed by atoms with Gasteiger partial charge in [-0.1, -0.05) is 42.5 Å². The van der Waals surface area contributed by atoms with Gasteiger partial charge in [-0.25, -0.2) is 4.98 Å². The smallest absolute Gasteiger partial charge is 0.258 e. The molecule has 1 N–H and O–H groups in total. The zero-order chi connectivity index (χ0) is 17.8. The van der Waals surface area contributed by atoms with Gasteiger partial charge in [0.25, 0.3) is 5.56 Å². The van der Waals surface area contributed by atoms with Crippen LogP contribution in [0.4, 0.5) is 0 Å². The van der Waals surface area contributed by atoms with Crippen LogP contribution in [0.2, 0.25) is 0 Å². The van der Waals surface area contributed by atoms with E-state index in [9.17, 15) is 4.79 Å². The SMILES string of the molecule is O=c1[nH]c(COc2ccc(Cc3ccccc3)cc2)nc2cnccc12. The summed E-state index contributed by atoms with van der Waals surface area (Å²) in [5, 5.41) is 0.522. The van der Waals surface area contributed by atoms with E-state index < -0.39 is 0 Å². The molecule has 2 aromatic carbocycles. The van der Waals surface area contributed by atoms with E-state index in [4.69, 9.17) is 4.74 Å².